The molecule has 0 amide bonds. The van der Waals surface area contributed by atoms with E-state index in [0.717, 1.165) is 54.5 Å². The van der Waals surface area contributed by atoms with Crippen LogP contribution in [0.5, 0.6) is 11.5 Å². The van der Waals surface area contributed by atoms with Crippen LogP contribution in [0.2, 0.25) is 0 Å². The zero-order valence-corrected chi connectivity index (χ0v) is 18.9. The molecule has 3 heteroatoms. The van der Waals surface area contributed by atoms with Crippen molar-refractivity contribution in [3.05, 3.63) is 83.4 Å². The Labute approximate surface area is 188 Å². The molecule has 156 valence electrons. The molecule has 0 radical (unpaired) electrons. The maximum atomic E-state index is 10.3. The van der Waals surface area contributed by atoms with Crippen LogP contribution in [0.4, 0.5) is 0 Å². The van der Waals surface area contributed by atoms with Crippen LogP contribution in [0.3, 0.4) is 0 Å². The third-order valence-electron chi connectivity index (χ3n) is 6.02. The number of phenols is 1. The largest absolute Gasteiger partial charge is 0.508 e. The number of phenolic OH excluding ortho intramolecular Hbond substituents is 1. The first-order chi connectivity index (χ1) is 14.7. The summed E-state index contributed by atoms with van der Waals surface area (Å²) >= 11 is 3.47. The maximum Gasteiger partial charge on any atom is 0.119 e. The van der Waals surface area contributed by atoms with Crippen molar-refractivity contribution in [1.82, 2.24) is 0 Å². The van der Waals surface area contributed by atoms with Crippen molar-refractivity contribution in [3.63, 3.8) is 0 Å². The normalized spacial score (nSPS) is 15.6. The standard InChI is InChI=1S/C27H29BrO2/c28-15-5-2-6-16-30-25-13-11-21(12-14-25)27-19-24(29)17-23-10-9-22(18-26(23)27)20-7-3-1-4-8-20/h1,3-4,7-8,11-14,17,19,22,29H,2,5-6,9-10,15-16,18H2/t22-/m0/s1. The summed E-state index contributed by atoms with van der Waals surface area (Å²) in [6.07, 6.45) is 6.60. The van der Waals surface area contributed by atoms with Crippen LogP contribution in [0.1, 0.15) is 48.3 Å². The Balaban J connectivity index is 1.53. The number of benzene rings is 3. The van der Waals surface area contributed by atoms with Crippen molar-refractivity contribution in [2.24, 2.45) is 0 Å². The number of fused-ring (bicyclic) bond motifs is 1. The third kappa shape index (κ3) is 5.07. The van der Waals surface area contributed by atoms with Crippen molar-refractivity contribution in [2.45, 2.75) is 44.4 Å². The van der Waals surface area contributed by atoms with Gasteiger partial charge in [-0.15, -0.1) is 0 Å². The van der Waals surface area contributed by atoms with Gasteiger partial charge in [0, 0.05) is 5.33 Å². The van der Waals surface area contributed by atoms with Crippen LogP contribution in [0.25, 0.3) is 11.1 Å². The number of unbranched alkanes of at least 4 members (excludes halogenated alkanes) is 2. The minimum absolute atomic E-state index is 0.356. The number of hydrogen-bond donors (Lipinski definition) is 1. The second-order valence-electron chi connectivity index (χ2n) is 8.10. The van der Waals surface area contributed by atoms with Gasteiger partial charge in [-0.2, -0.15) is 0 Å². The molecule has 0 saturated heterocycles. The molecule has 2 nitrogen and oxygen atoms in total. The summed E-state index contributed by atoms with van der Waals surface area (Å²) in [5.41, 5.74) is 6.35. The molecule has 0 fully saturated rings. The number of alkyl halides is 1. The highest BCUT2D eigenvalue weighted by atomic mass is 79.9. The van der Waals surface area contributed by atoms with E-state index in [2.05, 4.69) is 58.4 Å². The Kier molecular flexibility index (Phi) is 7.11. The van der Waals surface area contributed by atoms with E-state index in [9.17, 15) is 5.11 Å². The van der Waals surface area contributed by atoms with Crippen molar-refractivity contribution in [1.29, 1.82) is 0 Å². The number of ether oxygens (including phenoxy) is 1. The van der Waals surface area contributed by atoms with Crippen LogP contribution in [0, 0.1) is 0 Å². The summed E-state index contributed by atoms with van der Waals surface area (Å²) < 4.78 is 5.89. The molecule has 0 unspecified atom stereocenters. The van der Waals surface area contributed by atoms with E-state index >= 15 is 0 Å². The summed E-state index contributed by atoms with van der Waals surface area (Å²) in [7, 11) is 0. The average molecular weight is 465 g/mol. The average Bonchev–Trinajstić information content (AvgIpc) is 2.79. The molecule has 0 aliphatic heterocycles. The summed E-state index contributed by atoms with van der Waals surface area (Å²) in [5.74, 6) is 1.80. The van der Waals surface area contributed by atoms with Crippen LogP contribution in [-0.2, 0) is 12.8 Å². The summed E-state index contributed by atoms with van der Waals surface area (Å²) in [6, 6.07) is 23.0. The molecule has 1 N–H and O–H groups in total. The van der Waals surface area contributed by atoms with E-state index in [0.29, 0.717) is 11.7 Å². The summed E-state index contributed by atoms with van der Waals surface area (Å²) in [5, 5.41) is 11.4. The molecule has 0 heterocycles. The van der Waals surface area contributed by atoms with Crippen molar-refractivity contribution < 1.29 is 9.84 Å². The van der Waals surface area contributed by atoms with Crippen molar-refractivity contribution in [2.75, 3.05) is 11.9 Å². The van der Waals surface area contributed by atoms with Crippen LogP contribution in [0.15, 0.2) is 66.7 Å². The molecular formula is C27H29BrO2. The van der Waals surface area contributed by atoms with E-state index in [4.69, 9.17) is 4.74 Å². The minimum atomic E-state index is 0.356. The predicted octanol–water partition coefficient (Wildman–Crippen LogP) is 7.28. The molecular weight excluding hydrogens is 436 g/mol. The highest BCUT2D eigenvalue weighted by Crippen LogP contribution is 2.40. The Morgan fingerprint density at radius 3 is 2.50 bits per heavy atom. The number of aromatic hydroxyl groups is 1. The lowest BCUT2D eigenvalue weighted by atomic mass is 9.77. The molecule has 0 spiro atoms. The lowest BCUT2D eigenvalue weighted by Crippen LogP contribution is -2.14. The van der Waals surface area contributed by atoms with Gasteiger partial charge in [-0.1, -0.05) is 58.4 Å². The second kappa shape index (κ2) is 10.2. The molecule has 3 aromatic carbocycles. The lowest BCUT2D eigenvalue weighted by molar-refractivity contribution is 0.306. The van der Waals surface area contributed by atoms with Gasteiger partial charge in [0.2, 0.25) is 0 Å². The van der Waals surface area contributed by atoms with Gasteiger partial charge in [0.1, 0.15) is 11.5 Å². The Morgan fingerprint density at radius 2 is 1.73 bits per heavy atom. The van der Waals surface area contributed by atoms with Gasteiger partial charge < -0.3 is 9.84 Å². The zero-order chi connectivity index (χ0) is 20.8. The van der Waals surface area contributed by atoms with Gasteiger partial charge in [-0.05, 0) is 96.5 Å². The summed E-state index contributed by atoms with van der Waals surface area (Å²) in [4.78, 5) is 0. The van der Waals surface area contributed by atoms with E-state index in [1.807, 2.05) is 24.3 Å². The molecule has 0 bridgehead atoms. The SMILES string of the molecule is Oc1cc2c(c(-c3ccc(OCCCCCBr)cc3)c1)C[C@@H](c1ccccc1)CC2. The van der Waals surface area contributed by atoms with Crippen molar-refractivity contribution >= 4 is 15.9 Å². The van der Waals surface area contributed by atoms with Gasteiger partial charge in [0.25, 0.3) is 0 Å². The maximum absolute atomic E-state index is 10.3. The molecule has 1 aliphatic carbocycles. The lowest BCUT2D eigenvalue weighted by Gasteiger charge is -2.27. The fourth-order valence-electron chi connectivity index (χ4n) is 4.42. The first-order valence-corrected chi connectivity index (χ1v) is 12.1. The molecule has 3 aromatic rings. The van der Waals surface area contributed by atoms with Crippen LogP contribution < -0.4 is 4.74 Å². The number of aryl methyl sites for hydroxylation is 1. The van der Waals surface area contributed by atoms with E-state index < -0.39 is 0 Å². The van der Waals surface area contributed by atoms with Crippen LogP contribution >= 0.6 is 15.9 Å². The summed E-state index contributed by atoms with van der Waals surface area (Å²) in [6.45, 7) is 0.757. The number of halogens is 1. The predicted molar refractivity (Wildman–Crippen MR) is 128 cm³/mol. The molecule has 1 aliphatic rings. The smallest absolute Gasteiger partial charge is 0.119 e. The Bertz CT molecular complexity index is 951. The van der Waals surface area contributed by atoms with Crippen LogP contribution in [-0.4, -0.2) is 17.0 Å². The fourth-order valence-corrected chi connectivity index (χ4v) is 4.82. The van der Waals surface area contributed by atoms with Gasteiger partial charge in [-0.25, -0.2) is 0 Å². The van der Waals surface area contributed by atoms with Gasteiger partial charge in [0.05, 0.1) is 6.61 Å². The molecule has 0 saturated carbocycles. The Hall–Kier alpha value is -2.26. The van der Waals surface area contributed by atoms with E-state index in [1.165, 1.54) is 29.5 Å². The second-order valence-corrected chi connectivity index (χ2v) is 8.90. The molecule has 4 rings (SSSR count). The van der Waals surface area contributed by atoms with E-state index in [-0.39, 0.29) is 0 Å². The van der Waals surface area contributed by atoms with Gasteiger partial charge >= 0.3 is 0 Å². The van der Waals surface area contributed by atoms with Gasteiger partial charge in [0.15, 0.2) is 0 Å². The third-order valence-corrected chi connectivity index (χ3v) is 6.58. The van der Waals surface area contributed by atoms with Crippen molar-refractivity contribution in [3.8, 4) is 22.6 Å². The Morgan fingerprint density at radius 1 is 0.933 bits per heavy atom. The molecule has 30 heavy (non-hydrogen) atoms. The molecule has 0 aromatic heterocycles. The fraction of sp³-hybridized carbons (Fsp3) is 0.333. The topological polar surface area (TPSA) is 29.5 Å². The first-order valence-electron chi connectivity index (χ1n) is 10.9. The minimum Gasteiger partial charge on any atom is -0.508 e. The highest BCUT2D eigenvalue weighted by Gasteiger charge is 2.23. The zero-order valence-electron chi connectivity index (χ0n) is 17.3. The number of rotatable bonds is 8. The first kappa shape index (κ1) is 21.0. The van der Waals surface area contributed by atoms with Gasteiger partial charge in [-0.3, -0.25) is 0 Å². The van der Waals surface area contributed by atoms with E-state index in [1.54, 1.807) is 0 Å². The highest BCUT2D eigenvalue weighted by molar-refractivity contribution is 9.09. The molecule has 1 atom stereocenters. The quantitative estimate of drug-likeness (QED) is 0.280. The number of hydrogen-bond acceptors (Lipinski definition) is 2. The monoisotopic (exact) mass is 464 g/mol.